The molecule has 0 amide bonds. The predicted octanol–water partition coefficient (Wildman–Crippen LogP) is 4.94. The Hall–Kier alpha value is -3.21. The highest BCUT2D eigenvalue weighted by Gasteiger charge is 2.16. The second-order valence-corrected chi connectivity index (χ2v) is 8.94. The van der Waals surface area contributed by atoms with Crippen molar-refractivity contribution in [3.05, 3.63) is 88.7 Å². The number of nitrogens with zero attached hydrogens (tertiary/aromatic N) is 3. The van der Waals surface area contributed by atoms with Gasteiger partial charge in [0.2, 0.25) is 5.95 Å². The molecule has 0 saturated heterocycles. The van der Waals surface area contributed by atoms with E-state index in [-0.39, 0.29) is 11.0 Å². The van der Waals surface area contributed by atoms with Gasteiger partial charge in [-0.3, -0.25) is 0 Å². The molecule has 0 spiro atoms. The molecule has 3 aromatic rings. The molecule has 0 aliphatic rings. The molecule has 0 aliphatic heterocycles. The quantitative estimate of drug-likeness (QED) is 0.562. The molecule has 3 rings (SSSR count). The Kier molecular flexibility index (Phi) is 7.06. The molecular formula is C26H31N3O2. The number of carbonyl (C=O) groups is 1. The highest BCUT2D eigenvalue weighted by Crippen LogP contribution is 2.23. The molecule has 5 nitrogen and oxygen atoms in total. The summed E-state index contributed by atoms with van der Waals surface area (Å²) < 4.78 is 0. The van der Waals surface area contributed by atoms with Crippen LogP contribution < -0.4 is 4.90 Å². The summed E-state index contributed by atoms with van der Waals surface area (Å²) in [4.78, 5) is 22.6. The Balaban J connectivity index is 1.71. The van der Waals surface area contributed by atoms with Crippen molar-refractivity contribution < 1.29 is 9.90 Å². The van der Waals surface area contributed by atoms with E-state index in [0.717, 1.165) is 19.4 Å². The number of likely N-dealkylation sites (N-methyl/N-ethyl adjacent to an activating group) is 1. The van der Waals surface area contributed by atoms with Crippen molar-refractivity contribution in [2.24, 2.45) is 0 Å². The molecular weight excluding hydrogens is 386 g/mol. The van der Waals surface area contributed by atoms with Gasteiger partial charge >= 0.3 is 5.97 Å². The lowest BCUT2D eigenvalue weighted by atomic mass is 9.86. The third kappa shape index (κ3) is 6.14. The first-order chi connectivity index (χ1) is 14.7. The van der Waals surface area contributed by atoms with Gasteiger partial charge in [-0.05, 0) is 41.4 Å². The van der Waals surface area contributed by atoms with Gasteiger partial charge in [0.15, 0.2) is 0 Å². The van der Waals surface area contributed by atoms with E-state index in [2.05, 4.69) is 67.1 Å². The van der Waals surface area contributed by atoms with E-state index >= 15 is 0 Å². The summed E-state index contributed by atoms with van der Waals surface area (Å²) in [5.41, 5.74) is 4.56. The highest BCUT2D eigenvalue weighted by molar-refractivity contribution is 5.88. The zero-order valence-electron chi connectivity index (χ0n) is 18.8. The first kappa shape index (κ1) is 22.5. The average Bonchev–Trinajstić information content (AvgIpc) is 2.76. The second kappa shape index (κ2) is 9.73. The number of benzene rings is 2. The Bertz CT molecular complexity index is 1010. The molecule has 0 bridgehead atoms. The third-order valence-electron chi connectivity index (χ3n) is 5.48. The fourth-order valence-electron chi connectivity index (χ4n) is 3.44. The summed E-state index contributed by atoms with van der Waals surface area (Å²) in [6, 6.07) is 18.8. The Morgan fingerprint density at radius 2 is 1.58 bits per heavy atom. The van der Waals surface area contributed by atoms with Crippen LogP contribution in [0, 0.1) is 0 Å². The first-order valence-electron chi connectivity index (χ1n) is 10.7. The molecule has 1 aromatic heterocycles. The molecule has 0 fully saturated rings. The van der Waals surface area contributed by atoms with Crippen LogP contribution in [0.5, 0.6) is 0 Å². The molecule has 0 saturated carbocycles. The summed E-state index contributed by atoms with van der Waals surface area (Å²) in [7, 11) is 1.94. The number of carboxylic acid groups (broad SMARTS) is 1. The van der Waals surface area contributed by atoms with Gasteiger partial charge in [-0.1, -0.05) is 75.4 Å². The van der Waals surface area contributed by atoms with Crippen molar-refractivity contribution in [2.75, 3.05) is 18.5 Å². The monoisotopic (exact) mass is 417 g/mol. The molecule has 1 heterocycles. The van der Waals surface area contributed by atoms with E-state index in [1.54, 1.807) is 0 Å². The number of carboxylic acids is 1. The molecule has 0 radical (unpaired) electrons. The zero-order chi connectivity index (χ0) is 22.4. The van der Waals surface area contributed by atoms with Crippen LogP contribution in [0.2, 0.25) is 0 Å². The zero-order valence-corrected chi connectivity index (χ0v) is 18.8. The number of aromatic carboxylic acids is 1. The van der Waals surface area contributed by atoms with Gasteiger partial charge in [-0.2, -0.15) is 0 Å². The lowest BCUT2D eigenvalue weighted by molar-refractivity contribution is 0.0694. The molecule has 1 N–H and O–H groups in total. The van der Waals surface area contributed by atoms with Gasteiger partial charge in [0, 0.05) is 19.8 Å². The lowest BCUT2D eigenvalue weighted by Crippen LogP contribution is -2.24. The molecule has 5 heteroatoms. The standard InChI is InChI=1S/C26H31N3O2/c1-26(2,3)21-13-10-20(11-14-21)12-15-23-22(24(30)31)18-27-25(28-23)29(4)17-16-19-8-6-5-7-9-19/h5-11,13-14,18H,12,15-17H2,1-4H3,(H,30,31). The highest BCUT2D eigenvalue weighted by atomic mass is 16.4. The van der Waals surface area contributed by atoms with Crippen molar-refractivity contribution in [1.29, 1.82) is 0 Å². The minimum Gasteiger partial charge on any atom is -0.478 e. The summed E-state index contributed by atoms with van der Waals surface area (Å²) in [5.74, 6) is -0.435. The number of anilines is 1. The smallest absolute Gasteiger partial charge is 0.339 e. The van der Waals surface area contributed by atoms with Gasteiger partial charge in [0.25, 0.3) is 0 Å². The predicted molar refractivity (Wildman–Crippen MR) is 125 cm³/mol. The van der Waals surface area contributed by atoms with E-state index in [9.17, 15) is 9.90 Å². The maximum atomic E-state index is 11.7. The maximum Gasteiger partial charge on any atom is 0.339 e. The van der Waals surface area contributed by atoms with Crippen LogP contribution in [0.1, 0.15) is 53.5 Å². The first-order valence-corrected chi connectivity index (χ1v) is 10.7. The van der Waals surface area contributed by atoms with Crippen LogP contribution >= 0.6 is 0 Å². The van der Waals surface area contributed by atoms with Crippen LogP contribution in [0.4, 0.5) is 5.95 Å². The SMILES string of the molecule is CN(CCc1ccccc1)c1ncc(C(=O)O)c(CCc2ccc(C(C)(C)C)cc2)n1. The van der Waals surface area contributed by atoms with E-state index in [4.69, 9.17) is 0 Å². The average molecular weight is 418 g/mol. The minimum atomic E-state index is -0.989. The lowest BCUT2D eigenvalue weighted by Gasteiger charge is -2.19. The largest absolute Gasteiger partial charge is 0.478 e. The van der Waals surface area contributed by atoms with E-state index in [1.807, 2.05) is 30.1 Å². The Labute approximate surface area is 184 Å². The number of hydrogen-bond acceptors (Lipinski definition) is 4. The second-order valence-electron chi connectivity index (χ2n) is 8.94. The summed E-state index contributed by atoms with van der Waals surface area (Å²) in [6.45, 7) is 7.33. The third-order valence-corrected chi connectivity index (χ3v) is 5.48. The maximum absolute atomic E-state index is 11.7. The number of hydrogen-bond donors (Lipinski definition) is 1. The molecule has 31 heavy (non-hydrogen) atoms. The molecule has 162 valence electrons. The van der Waals surface area contributed by atoms with Gasteiger partial charge in [-0.25, -0.2) is 14.8 Å². The minimum absolute atomic E-state index is 0.112. The van der Waals surface area contributed by atoms with Crippen LogP contribution in [0.15, 0.2) is 60.8 Å². The molecule has 0 aliphatic carbocycles. The van der Waals surface area contributed by atoms with Crippen molar-refractivity contribution >= 4 is 11.9 Å². The van der Waals surface area contributed by atoms with Gasteiger partial charge in [-0.15, -0.1) is 0 Å². The van der Waals surface area contributed by atoms with Crippen LogP contribution in [-0.4, -0.2) is 34.6 Å². The van der Waals surface area contributed by atoms with E-state index in [0.29, 0.717) is 18.1 Å². The van der Waals surface area contributed by atoms with Gasteiger partial charge in [0.05, 0.1) is 11.3 Å². The van der Waals surface area contributed by atoms with E-state index in [1.165, 1.54) is 22.9 Å². The molecule has 0 unspecified atom stereocenters. The number of aromatic nitrogens is 2. The number of rotatable bonds is 8. The summed E-state index contributed by atoms with van der Waals surface area (Å²) in [6.07, 6.45) is 3.59. The van der Waals surface area contributed by atoms with Gasteiger partial charge in [0.1, 0.15) is 0 Å². The van der Waals surface area contributed by atoms with Crippen molar-refractivity contribution in [3.63, 3.8) is 0 Å². The molecule has 0 atom stereocenters. The van der Waals surface area contributed by atoms with Crippen molar-refractivity contribution in [3.8, 4) is 0 Å². The Morgan fingerprint density at radius 1 is 0.935 bits per heavy atom. The van der Waals surface area contributed by atoms with Crippen LogP contribution in [-0.2, 0) is 24.7 Å². The fourth-order valence-corrected chi connectivity index (χ4v) is 3.44. The normalized spacial score (nSPS) is 11.4. The topological polar surface area (TPSA) is 66.3 Å². The van der Waals surface area contributed by atoms with Crippen LogP contribution in [0.25, 0.3) is 0 Å². The number of aryl methyl sites for hydroxylation is 2. The Morgan fingerprint density at radius 3 is 2.19 bits per heavy atom. The van der Waals surface area contributed by atoms with E-state index < -0.39 is 5.97 Å². The molecule has 2 aromatic carbocycles. The summed E-state index contributed by atoms with van der Waals surface area (Å²) >= 11 is 0. The fraction of sp³-hybridized carbons (Fsp3) is 0.346. The van der Waals surface area contributed by atoms with Crippen molar-refractivity contribution in [2.45, 2.75) is 45.4 Å². The van der Waals surface area contributed by atoms with Gasteiger partial charge < -0.3 is 10.0 Å². The van der Waals surface area contributed by atoms with Crippen molar-refractivity contribution in [1.82, 2.24) is 9.97 Å². The summed E-state index contributed by atoms with van der Waals surface area (Å²) in [5, 5.41) is 9.58. The van der Waals surface area contributed by atoms with Crippen LogP contribution in [0.3, 0.4) is 0 Å².